The first kappa shape index (κ1) is 21.9. The highest BCUT2D eigenvalue weighted by atomic mass is 16.5. The molecule has 2 amide bonds. The Morgan fingerprint density at radius 3 is 2.30 bits per heavy atom. The van der Waals surface area contributed by atoms with Crippen LogP contribution in [0.3, 0.4) is 0 Å². The standard InChI is InChI=1S/C19H24N2O6/c1-3-11-26-17(23)10-9-16(18(24)27-12-4-2)21-19(25)20-15-7-5-14(13-22)6-8-15/h3-8,16,22H,1-2,9-13H2,(H2,20,21,25). The summed E-state index contributed by atoms with van der Waals surface area (Å²) >= 11 is 0. The molecule has 0 heterocycles. The molecule has 8 heteroatoms. The van der Waals surface area contributed by atoms with E-state index in [1.807, 2.05) is 0 Å². The maximum absolute atomic E-state index is 12.1. The molecule has 146 valence electrons. The van der Waals surface area contributed by atoms with E-state index >= 15 is 0 Å². The minimum Gasteiger partial charge on any atom is -0.461 e. The van der Waals surface area contributed by atoms with Crippen LogP contribution in [0.15, 0.2) is 49.6 Å². The number of hydrogen-bond acceptors (Lipinski definition) is 6. The fourth-order valence-corrected chi connectivity index (χ4v) is 2.00. The second-order valence-electron chi connectivity index (χ2n) is 5.44. The number of hydrogen-bond donors (Lipinski definition) is 3. The Kier molecular flexibility index (Phi) is 9.95. The molecule has 0 aliphatic heterocycles. The molecule has 27 heavy (non-hydrogen) atoms. The maximum atomic E-state index is 12.1. The first-order chi connectivity index (χ1) is 13.0. The summed E-state index contributed by atoms with van der Waals surface area (Å²) in [6.07, 6.45) is 2.77. The highest BCUT2D eigenvalue weighted by Crippen LogP contribution is 2.10. The van der Waals surface area contributed by atoms with Gasteiger partial charge in [0, 0.05) is 12.1 Å². The Balaban J connectivity index is 2.65. The maximum Gasteiger partial charge on any atom is 0.329 e. The van der Waals surface area contributed by atoms with Gasteiger partial charge < -0.3 is 25.2 Å². The molecule has 1 atom stereocenters. The van der Waals surface area contributed by atoms with Gasteiger partial charge in [-0.05, 0) is 24.1 Å². The number of benzene rings is 1. The average Bonchev–Trinajstić information content (AvgIpc) is 2.68. The number of urea groups is 1. The third-order valence-electron chi connectivity index (χ3n) is 3.33. The minimum atomic E-state index is -1.03. The van der Waals surface area contributed by atoms with Gasteiger partial charge in [0.15, 0.2) is 0 Å². The van der Waals surface area contributed by atoms with Gasteiger partial charge in [-0.3, -0.25) is 4.79 Å². The van der Waals surface area contributed by atoms with Crippen LogP contribution in [0.5, 0.6) is 0 Å². The number of aliphatic hydroxyl groups is 1. The van der Waals surface area contributed by atoms with Crippen LogP contribution in [0.2, 0.25) is 0 Å². The molecule has 8 nitrogen and oxygen atoms in total. The third-order valence-corrected chi connectivity index (χ3v) is 3.33. The molecular formula is C19H24N2O6. The van der Waals surface area contributed by atoms with Crippen molar-refractivity contribution in [2.24, 2.45) is 0 Å². The molecule has 0 fully saturated rings. The van der Waals surface area contributed by atoms with E-state index < -0.39 is 24.0 Å². The lowest BCUT2D eigenvalue weighted by Gasteiger charge is -2.17. The van der Waals surface area contributed by atoms with Crippen LogP contribution in [-0.2, 0) is 25.7 Å². The molecule has 1 aromatic carbocycles. The van der Waals surface area contributed by atoms with Gasteiger partial charge in [0.25, 0.3) is 0 Å². The topological polar surface area (TPSA) is 114 Å². The van der Waals surface area contributed by atoms with Crippen LogP contribution in [-0.4, -0.2) is 42.3 Å². The van der Waals surface area contributed by atoms with Crippen LogP contribution in [0.1, 0.15) is 18.4 Å². The summed E-state index contributed by atoms with van der Waals surface area (Å²) in [7, 11) is 0. The molecule has 0 saturated heterocycles. The van der Waals surface area contributed by atoms with E-state index in [2.05, 4.69) is 23.8 Å². The smallest absolute Gasteiger partial charge is 0.329 e. The van der Waals surface area contributed by atoms with Gasteiger partial charge in [-0.2, -0.15) is 0 Å². The summed E-state index contributed by atoms with van der Waals surface area (Å²) in [4.78, 5) is 35.8. The number of carbonyl (C=O) groups is 3. The van der Waals surface area contributed by atoms with Crippen molar-refractivity contribution in [3.05, 3.63) is 55.1 Å². The van der Waals surface area contributed by atoms with Crippen molar-refractivity contribution in [2.75, 3.05) is 18.5 Å². The number of nitrogens with one attached hydrogen (secondary N) is 2. The largest absolute Gasteiger partial charge is 0.461 e. The third kappa shape index (κ3) is 8.68. The molecule has 3 N–H and O–H groups in total. The summed E-state index contributed by atoms with van der Waals surface area (Å²) in [5.74, 6) is -1.20. The van der Waals surface area contributed by atoms with Crippen molar-refractivity contribution in [2.45, 2.75) is 25.5 Å². The van der Waals surface area contributed by atoms with Crippen molar-refractivity contribution >= 4 is 23.7 Å². The van der Waals surface area contributed by atoms with Gasteiger partial charge in [-0.1, -0.05) is 37.4 Å². The SMILES string of the molecule is C=CCOC(=O)CCC(NC(=O)Nc1ccc(CO)cc1)C(=O)OCC=C. The van der Waals surface area contributed by atoms with Gasteiger partial charge in [-0.25, -0.2) is 9.59 Å². The predicted molar refractivity (Wildman–Crippen MR) is 99.9 cm³/mol. The Morgan fingerprint density at radius 1 is 1.07 bits per heavy atom. The van der Waals surface area contributed by atoms with Gasteiger partial charge in [0.2, 0.25) is 0 Å². The molecular weight excluding hydrogens is 352 g/mol. The van der Waals surface area contributed by atoms with Crippen LogP contribution in [0.25, 0.3) is 0 Å². The van der Waals surface area contributed by atoms with E-state index in [0.29, 0.717) is 11.3 Å². The number of rotatable bonds is 11. The Labute approximate surface area is 157 Å². The van der Waals surface area contributed by atoms with Crippen molar-refractivity contribution < 1.29 is 29.0 Å². The van der Waals surface area contributed by atoms with Crippen molar-refractivity contribution in [3.63, 3.8) is 0 Å². The molecule has 0 saturated carbocycles. The molecule has 0 aliphatic rings. The van der Waals surface area contributed by atoms with Gasteiger partial charge >= 0.3 is 18.0 Å². The summed E-state index contributed by atoms with van der Waals surface area (Å²) in [5.41, 5.74) is 1.18. The fourth-order valence-electron chi connectivity index (χ4n) is 2.00. The zero-order valence-corrected chi connectivity index (χ0v) is 15.0. The minimum absolute atomic E-state index is 0.0117. The molecule has 1 aromatic rings. The molecule has 0 spiro atoms. The number of esters is 2. The summed E-state index contributed by atoms with van der Waals surface area (Å²) < 4.78 is 9.80. The number of ether oxygens (including phenoxy) is 2. The normalized spacial score (nSPS) is 11.0. The zero-order valence-electron chi connectivity index (χ0n) is 15.0. The van der Waals surface area contributed by atoms with E-state index in [1.54, 1.807) is 24.3 Å². The van der Waals surface area contributed by atoms with E-state index in [-0.39, 0.29) is 32.7 Å². The number of aliphatic hydroxyl groups excluding tert-OH is 1. The molecule has 1 unspecified atom stereocenters. The first-order valence-electron chi connectivity index (χ1n) is 8.31. The molecule has 0 bridgehead atoms. The zero-order chi connectivity index (χ0) is 20.1. The highest BCUT2D eigenvalue weighted by Gasteiger charge is 2.23. The quantitative estimate of drug-likeness (QED) is 0.402. The van der Waals surface area contributed by atoms with E-state index in [1.165, 1.54) is 12.2 Å². The van der Waals surface area contributed by atoms with E-state index in [4.69, 9.17) is 14.6 Å². The molecule has 0 radical (unpaired) electrons. The molecule has 0 aliphatic carbocycles. The fraction of sp³-hybridized carbons (Fsp3) is 0.316. The summed E-state index contributed by atoms with van der Waals surface area (Å²) in [5, 5.41) is 14.1. The Hall–Kier alpha value is -3.13. The second-order valence-corrected chi connectivity index (χ2v) is 5.44. The Morgan fingerprint density at radius 2 is 1.70 bits per heavy atom. The van der Waals surface area contributed by atoms with Crippen molar-refractivity contribution in [1.82, 2.24) is 5.32 Å². The molecule has 0 aromatic heterocycles. The van der Waals surface area contributed by atoms with Crippen molar-refractivity contribution in [1.29, 1.82) is 0 Å². The number of carbonyl (C=O) groups excluding carboxylic acids is 3. The second kappa shape index (κ2) is 12.3. The first-order valence-corrected chi connectivity index (χ1v) is 8.31. The highest BCUT2D eigenvalue weighted by molar-refractivity contribution is 5.92. The number of amides is 2. The lowest BCUT2D eigenvalue weighted by Crippen LogP contribution is -2.44. The van der Waals surface area contributed by atoms with E-state index in [0.717, 1.165) is 0 Å². The van der Waals surface area contributed by atoms with Crippen LogP contribution < -0.4 is 10.6 Å². The van der Waals surface area contributed by atoms with Crippen molar-refractivity contribution in [3.8, 4) is 0 Å². The van der Waals surface area contributed by atoms with E-state index in [9.17, 15) is 14.4 Å². The number of anilines is 1. The summed E-state index contributed by atoms with van der Waals surface area (Å²) in [6, 6.07) is 4.87. The average molecular weight is 376 g/mol. The van der Waals surface area contributed by atoms with Crippen LogP contribution in [0.4, 0.5) is 10.5 Å². The van der Waals surface area contributed by atoms with Gasteiger partial charge in [0.1, 0.15) is 19.3 Å². The molecule has 1 rings (SSSR count). The van der Waals surface area contributed by atoms with Gasteiger partial charge in [-0.15, -0.1) is 0 Å². The van der Waals surface area contributed by atoms with Crippen LogP contribution in [0, 0.1) is 0 Å². The monoisotopic (exact) mass is 376 g/mol. The predicted octanol–water partition coefficient (Wildman–Crippen LogP) is 1.91. The van der Waals surface area contributed by atoms with Gasteiger partial charge in [0.05, 0.1) is 6.61 Å². The Bertz CT molecular complexity index is 657. The lowest BCUT2D eigenvalue weighted by molar-refractivity contribution is -0.146. The lowest BCUT2D eigenvalue weighted by atomic mass is 10.1. The van der Waals surface area contributed by atoms with Crippen LogP contribution >= 0.6 is 0 Å². The summed E-state index contributed by atoms with van der Waals surface area (Å²) in [6.45, 7) is 6.85.